The van der Waals surface area contributed by atoms with E-state index in [1.165, 1.54) is 27.8 Å². The number of halogens is 1. The van der Waals surface area contributed by atoms with Gasteiger partial charge >= 0.3 is 0 Å². The Morgan fingerprint density at radius 3 is 2.64 bits per heavy atom. The van der Waals surface area contributed by atoms with Crippen LogP contribution >= 0.6 is 11.3 Å². The van der Waals surface area contributed by atoms with Gasteiger partial charge < -0.3 is 4.57 Å². The second kappa shape index (κ2) is 8.48. The molecule has 170 valence electrons. The van der Waals surface area contributed by atoms with Gasteiger partial charge in [-0.3, -0.25) is 4.79 Å². The Hall–Kier alpha value is -2.88. The highest BCUT2D eigenvalue weighted by molar-refractivity contribution is 7.89. The number of carbonyl (C=O) groups excluding carboxylic acids is 1. The van der Waals surface area contributed by atoms with E-state index in [4.69, 9.17) is 0 Å². The van der Waals surface area contributed by atoms with Crippen molar-refractivity contribution in [2.45, 2.75) is 17.7 Å². The lowest BCUT2D eigenvalue weighted by Gasteiger charge is -2.30. The summed E-state index contributed by atoms with van der Waals surface area (Å²) in [5.41, 5.74) is 0.995. The quantitative estimate of drug-likeness (QED) is 0.441. The van der Waals surface area contributed by atoms with E-state index in [0.29, 0.717) is 24.2 Å². The van der Waals surface area contributed by atoms with Crippen LogP contribution in [-0.4, -0.2) is 36.3 Å². The summed E-state index contributed by atoms with van der Waals surface area (Å²) < 4.78 is 43.5. The van der Waals surface area contributed by atoms with Crippen LogP contribution in [0.2, 0.25) is 0 Å². The SMILES string of the molecule is Cn1c(=NC(=O)C2CCCN(S(=O)(=O)c3ccc(F)cc3)C2)sc2c3ccccc3ccc21. The lowest BCUT2D eigenvalue weighted by Crippen LogP contribution is -2.42. The number of fused-ring (bicyclic) bond motifs is 3. The van der Waals surface area contributed by atoms with Crippen LogP contribution in [0.25, 0.3) is 21.0 Å². The van der Waals surface area contributed by atoms with E-state index < -0.39 is 21.8 Å². The summed E-state index contributed by atoms with van der Waals surface area (Å²) in [6.07, 6.45) is 1.14. The van der Waals surface area contributed by atoms with Crippen LogP contribution in [0.5, 0.6) is 0 Å². The molecule has 5 rings (SSSR count). The Labute approximate surface area is 194 Å². The van der Waals surface area contributed by atoms with Gasteiger partial charge in [-0.05, 0) is 48.6 Å². The summed E-state index contributed by atoms with van der Waals surface area (Å²) in [5.74, 6) is -1.33. The maximum atomic E-state index is 13.2. The summed E-state index contributed by atoms with van der Waals surface area (Å²) in [5, 5.41) is 2.23. The van der Waals surface area contributed by atoms with Gasteiger partial charge in [0.1, 0.15) is 5.82 Å². The third-order valence-corrected chi connectivity index (χ3v) is 9.15. The van der Waals surface area contributed by atoms with Crippen LogP contribution in [0.15, 0.2) is 70.6 Å². The number of rotatable bonds is 3. The molecule has 0 bridgehead atoms. The molecule has 1 unspecified atom stereocenters. The van der Waals surface area contributed by atoms with Crippen molar-refractivity contribution < 1.29 is 17.6 Å². The molecule has 6 nitrogen and oxygen atoms in total. The molecule has 0 aliphatic carbocycles. The monoisotopic (exact) mass is 483 g/mol. The molecule has 2 heterocycles. The van der Waals surface area contributed by atoms with Gasteiger partial charge in [-0.1, -0.05) is 41.7 Å². The van der Waals surface area contributed by atoms with Crippen LogP contribution < -0.4 is 4.80 Å². The van der Waals surface area contributed by atoms with Gasteiger partial charge in [0.25, 0.3) is 5.91 Å². The highest BCUT2D eigenvalue weighted by atomic mass is 32.2. The van der Waals surface area contributed by atoms with Crippen molar-refractivity contribution >= 4 is 48.3 Å². The summed E-state index contributed by atoms with van der Waals surface area (Å²) in [4.78, 5) is 18.1. The molecule has 9 heteroatoms. The third-order valence-electron chi connectivity index (χ3n) is 6.09. The zero-order valence-electron chi connectivity index (χ0n) is 17.9. The number of nitrogens with zero attached hydrogens (tertiary/aromatic N) is 3. The summed E-state index contributed by atoms with van der Waals surface area (Å²) >= 11 is 1.46. The maximum absolute atomic E-state index is 13.2. The Morgan fingerprint density at radius 2 is 1.85 bits per heavy atom. The zero-order chi connectivity index (χ0) is 23.2. The molecule has 1 atom stereocenters. The molecule has 1 saturated heterocycles. The van der Waals surface area contributed by atoms with E-state index in [2.05, 4.69) is 23.2 Å². The van der Waals surface area contributed by atoms with Crippen molar-refractivity contribution in [3.63, 3.8) is 0 Å². The van der Waals surface area contributed by atoms with Gasteiger partial charge in [-0.25, -0.2) is 12.8 Å². The van der Waals surface area contributed by atoms with E-state index in [9.17, 15) is 17.6 Å². The average Bonchev–Trinajstić information content (AvgIpc) is 3.15. The smallest absolute Gasteiger partial charge is 0.252 e. The summed E-state index contributed by atoms with van der Waals surface area (Å²) in [7, 11) is -1.92. The van der Waals surface area contributed by atoms with E-state index >= 15 is 0 Å². The fourth-order valence-corrected chi connectivity index (χ4v) is 6.95. The van der Waals surface area contributed by atoms with Crippen LogP contribution in [0.1, 0.15) is 12.8 Å². The van der Waals surface area contributed by atoms with Gasteiger partial charge in [0.05, 0.1) is 21.0 Å². The largest absolute Gasteiger partial charge is 0.319 e. The minimum Gasteiger partial charge on any atom is -0.319 e. The van der Waals surface area contributed by atoms with Crippen molar-refractivity contribution in [1.82, 2.24) is 8.87 Å². The fraction of sp³-hybridized carbons (Fsp3) is 0.250. The van der Waals surface area contributed by atoms with E-state index in [1.807, 2.05) is 29.8 Å². The van der Waals surface area contributed by atoms with Gasteiger partial charge in [-0.15, -0.1) is 0 Å². The van der Waals surface area contributed by atoms with E-state index in [-0.39, 0.29) is 17.3 Å². The van der Waals surface area contributed by atoms with Gasteiger partial charge in [-0.2, -0.15) is 9.30 Å². The van der Waals surface area contributed by atoms with Crippen molar-refractivity contribution in [3.8, 4) is 0 Å². The average molecular weight is 484 g/mol. The van der Waals surface area contributed by atoms with E-state index in [1.54, 1.807) is 0 Å². The first kappa shape index (κ1) is 21.9. The highest BCUT2D eigenvalue weighted by Gasteiger charge is 2.33. The van der Waals surface area contributed by atoms with Crippen molar-refractivity contribution in [1.29, 1.82) is 0 Å². The number of amides is 1. The molecule has 1 aliphatic heterocycles. The standard InChI is InChI=1S/C24H22FN3O3S2/c1-27-21-13-8-16-5-2-3-7-20(16)22(21)32-24(27)26-23(29)17-6-4-14-28(15-17)33(30,31)19-11-9-18(25)10-12-19/h2-3,5,7-13,17H,4,6,14-15H2,1H3. The number of aryl methyl sites for hydroxylation is 1. The molecule has 1 aromatic heterocycles. The zero-order valence-corrected chi connectivity index (χ0v) is 19.6. The second-order valence-electron chi connectivity index (χ2n) is 8.18. The summed E-state index contributed by atoms with van der Waals surface area (Å²) in [6.45, 7) is 0.395. The molecule has 1 amide bonds. The Kier molecular flexibility index (Phi) is 5.64. The minimum absolute atomic E-state index is 0.0247. The molecule has 1 aliphatic rings. The molecule has 3 aromatic carbocycles. The number of hydrogen-bond donors (Lipinski definition) is 0. The molecule has 1 fully saturated rings. The Balaban J connectivity index is 1.45. The summed E-state index contributed by atoms with van der Waals surface area (Å²) in [6, 6.07) is 16.9. The van der Waals surface area contributed by atoms with Crippen LogP contribution in [-0.2, 0) is 21.9 Å². The normalized spacial score (nSPS) is 18.2. The predicted molar refractivity (Wildman–Crippen MR) is 127 cm³/mol. The molecule has 0 spiro atoms. The second-order valence-corrected chi connectivity index (χ2v) is 11.1. The number of hydrogen-bond acceptors (Lipinski definition) is 4. The predicted octanol–water partition coefficient (Wildman–Crippen LogP) is 4.06. The first-order valence-electron chi connectivity index (χ1n) is 10.7. The Bertz CT molecular complexity index is 1540. The maximum Gasteiger partial charge on any atom is 0.252 e. The highest BCUT2D eigenvalue weighted by Crippen LogP contribution is 2.28. The molecule has 33 heavy (non-hydrogen) atoms. The molecule has 0 saturated carbocycles. The minimum atomic E-state index is -3.80. The lowest BCUT2D eigenvalue weighted by molar-refractivity contribution is -0.122. The molecule has 0 radical (unpaired) electrons. The number of carbonyl (C=O) groups is 1. The topological polar surface area (TPSA) is 71.7 Å². The third kappa shape index (κ3) is 4.01. The molecular formula is C24H22FN3O3S2. The molecule has 0 N–H and O–H groups in total. The number of sulfonamides is 1. The van der Waals surface area contributed by atoms with Gasteiger partial charge in [0.2, 0.25) is 10.0 Å². The molecular weight excluding hydrogens is 461 g/mol. The number of benzene rings is 3. The van der Waals surface area contributed by atoms with Crippen molar-refractivity contribution in [3.05, 3.63) is 71.3 Å². The van der Waals surface area contributed by atoms with Gasteiger partial charge in [0, 0.05) is 25.5 Å². The number of piperidine rings is 1. The number of thiazole rings is 1. The van der Waals surface area contributed by atoms with Crippen LogP contribution in [0, 0.1) is 11.7 Å². The fourth-order valence-electron chi connectivity index (χ4n) is 4.27. The van der Waals surface area contributed by atoms with E-state index in [0.717, 1.165) is 33.1 Å². The first-order valence-corrected chi connectivity index (χ1v) is 12.9. The van der Waals surface area contributed by atoms with Crippen molar-refractivity contribution in [2.24, 2.45) is 18.0 Å². The lowest BCUT2D eigenvalue weighted by atomic mass is 9.99. The van der Waals surface area contributed by atoms with Crippen LogP contribution in [0.4, 0.5) is 4.39 Å². The van der Waals surface area contributed by atoms with Crippen LogP contribution in [0.3, 0.4) is 0 Å². The van der Waals surface area contributed by atoms with Gasteiger partial charge in [0.15, 0.2) is 4.80 Å². The molecule has 4 aromatic rings. The number of aromatic nitrogens is 1. The first-order chi connectivity index (χ1) is 15.8. The van der Waals surface area contributed by atoms with Crippen molar-refractivity contribution in [2.75, 3.05) is 13.1 Å². The Morgan fingerprint density at radius 1 is 1.09 bits per heavy atom.